The van der Waals surface area contributed by atoms with Gasteiger partial charge in [-0.15, -0.1) is 11.3 Å². The molecule has 1 unspecified atom stereocenters. The third kappa shape index (κ3) is 2.78. The Kier molecular flexibility index (Phi) is 4.06. The number of hydrogen-bond donors (Lipinski definition) is 1. The average molecular weight is 396 g/mol. The Morgan fingerprint density at radius 2 is 2.07 bits per heavy atom. The standard InChI is InChI=1S/C21H18ClN3OS/c1-26-15-5-2-13(3-6-15)20-19-16(8-10-25(20)21-23-9-11-27-21)17-12-14(22)4-7-18(17)24-19/h2-7,9,11-12,20,24H,8,10H2,1H3. The monoisotopic (exact) mass is 395 g/mol. The van der Waals surface area contributed by atoms with E-state index in [2.05, 4.69) is 39.1 Å². The van der Waals surface area contributed by atoms with Crippen LogP contribution in [0.2, 0.25) is 5.02 Å². The minimum absolute atomic E-state index is 0.0805. The van der Waals surface area contributed by atoms with Gasteiger partial charge in [0.2, 0.25) is 0 Å². The first kappa shape index (κ1) is 16.7. The molecule has 2 aromatic carbocycles. The Labute approximate surface area is 166 Å². The Morgan fingerprint density at radius 1 is 1.22 bits per heavy atom. The fourth-order valence-electron chi connectivity index (χ4n) is 3.96. The highest BCUT2D eigenvalue weighted by Gasteiger charge is 2.33. The fourth-order valence-corrected chi connectivity index (χ4v) is 4.83. The summed E-state index contributed by atoms with van der Waals surface area (Å²) in [6.07, 6.45) is 2.83. The van der Waals surface area contributed by atoms with Gasteiger partial charge in [-0.05, 0) is 47.9 Å². The zero-order chi connectivity index (χ0) is 18.4. The summed E-state index contributed by atoms with van der Waals surface area (Å²) >= 11 is 7.94. The van der Waals surface area contributed by atoms with E-state index < -0.39 is 0 Å². The number of halogens is 1. The van der Waals surface area contributed by atoms with Gasteiger partial charge in [0.1, 0.15) is 5.75 Å². The quantitative estimate of drug-likeness (QED) is 0.502. The SMILES string of the molecule is COc1ccc(C2c3[nH]c4ccc(Cl)cc4c3CCN2c2nccs2)cc1. The fraction of sp³-hybridized carbons (Fsp3) is 0.190. The zero-order valence-corrected chi connectivity index (χ0v) is 16.3. The molecule has 0 radical (unpaired) electrons. The molecule has 3 heterocycles. The molecule has 0 saturated carbocycles. The smallest absolute Gasteiger partial charge is 0.186 e. The second-order valence-corrected chi connectivity index (χ2v) is 7.95. The molecule has 1 N–H and O–H groups in total. The number of benzene rings is 2. The minimum Gasteiger partial charge on any atom is -0.497 e. The van der Waals surface area contributed by atoms with E-state index in [0.29, 0.717) is 0 Å². The number of H-pyrrole nitrogens is 1. The Balaban J connectivity index is 1.70. The van der Waals surface area contributed by atoms with Crippen LogP contribution in [-0.4, -0.2) is 23.6 Å². The molecule has 27 heavy (non-hydrogen) atoms. The minimum atomic E-state index is 0.0805. The van der Waals surface area contributed by atoms with E-state index in [1.807, 2.05) is 29.8 Å². The van der Waals surface area contributed by atoms with E-state index >= 15 is 0 Å². The topological polar surface area (TPSA) is 41.1 Å². The van der Waals surface area contributed by atoms with Crippen molar-refractivity contribution in [2.24, 2.45) is 0 Å². The highest BCUT2D eigenvalue weighted by molar-refractivity contribution is 7.13. The van der Waals surface area contributed by atoms with Crippen molar-refractivity contribution < 1.29 is 4.74 Å². The van der Waals surface area contributed by atoms with Crippen LogP contribution < -0.4 is 9.64 Å². The van der Waals surface area contributed by atoms with Crippen LogP contribution in [0.1, 0.15) is 22.9 Å². The van der Waals surface area contributed by atoms with Crippen molar-refractivity contribution in [1.29, 1.82) is 0 Å². The van der Waals surface area contributed by atoms with Crippen molar-refractivity contribution in [2.75, 3.05) is 18.6 Å². The van der Waals surface area contributed by atoms with Crippen LogP contribution in [0.3, 0.4) is 0 Å². The number of aromatic nitrogens is 2. The van der Waals surface area contributed by atoms with Gasteiger partial charge < -0.3 is 14.6 Å². The van der Waals surface area contributed by atoms with Gasteiger partial charge in [-0.1, -0.05) is 23.7 Å². The lowest BCUT2D eigenvalue weighted by molar-refractivity contribution is 0.414. The van der Waals surface area contributed by atoms with Crippen LogP contribution in [0.15, 0.2) is 54.0 Å². The van der Waals surface area contributed by atoms with Crippen LogP contribution in [-0.2, 0) is 6.42 Å². The Bertz CT molecular complexity index is 1090. The summed E-state index contributed by atoms with van der Waals surface area (Å²) in [6.45, 7) is 0.913. The molecule has 0 amide bonds. The molecular weight excluding hydrogens is 378 g/mol. The van der Waals surface area contributed by atoms with Gasteiger partial charge in [-0.25, -0.2) is 4.98 Å². The molecule has 0 aliphatic carbocycles. The molecule has 5 rings (SSSR count). The van der Waals surface area contributed by atoms with Crippen molar-refractivity contribution in [2.45, 2.75) is 12.5 Å². The maximum atomic E-state index is 6.27. The van der Waals surface area contributed by atoms with Crippen molar-refractivity contribution >= 4 is 39.0 Å². The first-order valence-electron chi connectivity index (χ1n) is 8.84. The normalized spacial score (nSPS) is 16.5. The van der Waals surface area contributed by atoms with E-state index in [4.69, 9.17) is 16.3 Å². The number of ether oxygens (including phenoxy) is 1. The second-order valence-electron chi connectivity index (χ2n) is 6.64. The molecule has 1 aliphatic rings. The molecule has 0 saturated heterocycles. The van der Waals surface area contributed by atoms with Crippen molar-refractivity contribution in [3.05, 3.63) is 75.9 Å². The molecule has 136 valence electrons. The van der Waals surface area contributed by atoms with E-state index in [0.717, 1.165) is 34.4 Å². The number of rotatable bonds is 3. The summed E-state index contributed by atoms with van der Waals surface area (Å²) < 4.78 is 5.34. The molecule has 4 nitrogen and oxygen atoms in total. The Morgan fingerprint density at radius 3 is 2.81 bits per heavy atom. The third-order valence-corrected chi connectivity index (χ3v) is 6.23. The summed E-state index contributed by atoms with van der Waals surface area (Å²) in [5.41, 5.74) is 4.91. The lowest BCUT2D eigenvalue weighted by Crippen LogP contribution is -2.36. The number of aromatic amines is 1. The molecule has 4 aromatic rings. The number of anilines is 1. The predicted molar refractivity (Wildman–Crippen MR) is 111 cm³/mol. The van der Waals surface area contributed by atoms with Crippen LogP contribution in [0.4, 0.5) is 5.13 Å². The third-order valence-electron chi connectivity index (χ3n) is 5.19. The summed E-state index contributed by atoms with van der Waals surface area (Å²) in [4.78, 5) is 10.6. The molecule has 1 atom stereocenters. The number of nitrogens with one attached hydrogen (secondary N) is 1. The predicted octanol–water partition coefficient (Wildman–Crippen LogP) is 5.44. The first-order valence-corrected chi connectivity index (χ1v) is 10.1. The lowest BCUT2D eigenvalue weighted by atomic mass is 9.93. The summed E-state index contributed by atoms with van der Waals surface area (Å²) in [5.74, 6) is 0.860. The zero-order valence-electron chi connectivity index (χ0n) is 14.8. The molecule has 0 fully saturated rings. The summed E-state index contributed by atoms with van der Waals surface area (Å²) in [5, 5.41) is 5.06. The van der Waals surface area contributed by atoms with E-state index in [1.165, 1.54) is 22.2 Å². The molecule has 2 aromatic heterocycles. The van der Waals surface area contributed by atoms with Crippen molar-refractivity contribution in [3.8, 4) is 5.75 Å². The largest absolute Gasteiger partial charge is 0.497 e. The number of thiazole rings is 1. The molecule has 6 heteroatoms. The van der Waals surface area contributed by atoms with Gasteiger partial charge in [0, 0.05) is 39.7 Å². The van der Waals surface area contributed by atoms with Gasteiger partial charge in [0.15, 0.2) is 5.13 Å². The van der Waals surface area contributed by atoms with Crippen LogP contribution in [0.5, 0.6) is 5.75 Å². The van der Waals surface area contributed by atoms with Crippen molar-refractivity contribution in [1.82, 2.24) is 9.97 Å². The van der Waals surface area contributed by atoms with Crippen LogP contribution >= 0.6 is 22.9 Å². The lowest BCUT2D eigenvalue weighted by Gasteiger charge is -2.36. The second kappa shape index (κ2) is 6.59. The van der Waals surface area contributed by atoms with E-state index in [9.17, 15) is 0 Å². The average Bonchev–Trinajstić information content (AvgIpc) is 3.35. The first-order chi connectivity index (χ1) is 13.2. The van der Waals surface area contributed by atoms with Gasteiger partial charge in [-0.3, -0.25) is 0 Å². The summed E-state index contributed by atoms with van der Waals surface area (Å²) in [7, 11) is 1.69. The maximum Gasteiger partial charge on any atom is 0.186 e. The number of hydrogen-bond acceptors (Lipinski definition) is 4. The Hall–Kier alpha value is -2.50. The number of methoxy groups -OCH3 is 1. The molecule has 0 spiro atoms. The van der Waals surface area contributed by atoms with E-state index in [-0.39, 0.29) is 6.04 Å². The number of nitrogens with zero attached hydrogens (tertiary/aromatic N) is 2. The van der Waals surface area contributed by atoms with Crippen molar-refractivity contribution in [3.63, 3.8) is 0 Å². The van der Waals surface area contributed by atoms with Gasteiger partial charge >= 0.3 is 0 Å². The van der Waals surface area contributed by atoms with E-state index in [1.54, 1.807) is 18.4 Å². The number of fused-ring (bicyclic) bond motifs is 3. The van der Waals surface area contributed by atoms with Crippen LogP contribution in [0.25, 0.3) is 10.9 Å². The highest BCUT2D eigenvalue weighted by Crippen LogP contribution is 2.41. The summed E-state index contributed by atoms with van der Waals surface area (Å²) in [6, 6.07) is 14.5. The molecule has 1 aliphatic heterocycles. The molecular formula is C21H18ClN3OS. The van der Waals surface area contributed by atoms with Gasteiger partial charge in [0.25, 0.3) is 0 Å². The van der Waals surface area contributed by atoms with Gasteiger partial charge in [0.05, 0.1) is 13.2 Å². The molecule has 0 bridgehead atoms. The van der Waals surface area contributed by atoms with Gasteiger partial charge in [-0.2, -0.15) is 0 Å². The highest BCUT2D eigenvalue weighted by atomic mass is 35.5. The maximum absolute atomic E-state index is 6.27. The van der Waals surface area contributed by atoms with Crippen LogP contribution in [0, 0.1) is 0 Å².